The van der Waals surface area contributed by atoms with Crippen LogP contribution in [0.5, 0.6) is 0 Å². The molecule has 96 valence electrons. The van der Waals surface area contributed by atoms with Gasteiger partial charge in [-0.25, -0.2) is 15.0 Å². The lowest BCUT2D eigenvalue weighted by molar-refractivity contribution is -0.0432. The van der Waals surface area contributed by atoms with E-state index >= 15 is 0 Å². The minimum absolute atomic E-state index is 0.221. The van der Waals surface area contributed by atoms with Gasteiger partial charge in [-0.15, -0.1) is 0 Å². The summed E-state index contributed by atoms with van der Waals surface area (Å²) in [6.07, 6.45) is 1.60. The van der Waals surface area contributed by atoms with Crippen molar-refractivity contribution < 1.29 is 14.9 Å². The Morgan fingerprint density at radius 1 is 1.44 bits per heavy atom. The lowest BCUT2D eigenvalue weighted by Gasteiger charge is -2.13. The van der Waals surface area contributed by atoms with Crippen molar-refractivity contribution in [1.29, 1.82) is 0 Å². The summed E-state index contributed by atoms with van der Waals surface area (Å²) in [5.74, 6) is 0.302. The summed E-state index contributed by atoms with van der Waals surface area (Å²) in [4.78, 5) is 12.1. The number of aliphatic hydroxyl groups is 2. The van der Waals surface area contributed by atoms with Gasteiger partial charge in [-0.05, 0) is 0 Å². The molecule has 1 unspecified atom stereocenters. The SMILES string of the molecule is Nc1ncnc2c1ncn2[C@@H]1CC(O)[C@H](CO)O1. The lowest BCUT2D eigenvalue weighted by atomic mass is 10.2. The van der Waals surface area contributed by atoms with Crippen molar-refractivity contribution >= 4 is 17.0 Å². The molecule has 0 bridgehead atoms. The molecule has 1 aliphatic heterocycles. The molecule has 1 fully saturated rings. The van der Waals surface area contributed by atoms with Crippen molar-refractivity contribution in [3.8, 4) is 0 Å². The first-order valence-corrected chi connectivity index (χ1v) is 5.58. The van der Waals surface area contributed by atoms with Crippen LogP contribution in [0.25, 0.3) is 11.2 Å². The number of hydrogen-bond acceptors (Lipinski definition) is 7. The van der Waals surface area contributed by atoms with Gasteiger partial charge in [0, 0.05) is 6.42 Å². The topological polar surface area (TPSA) is 119 Å². The molecular formula is C10H13N5O3. The second-order valence-electron chi connectivity index (χ2n) is 4.20. The summed E-state index contributed by atoms with van der Waals surface area (Å²) < 4.78 is 7.22. The second kappa shape index (κ2) is 4.16. The van der Waals surface area contributed by atoms with E-state index < -0.39 is 18.4 Å². The number of nitrogens with zero attached hydrogens (tertiary/aromatic N) is 4. The molecule has 0 radical (unpaired) electrons. The Bertz CT molecular complexity index is 572. The third kappa shape index (κ3) is 1.62. The Hall–Kier alpha value is -1.77. The van der Waals surface area contributed by atoms with Crippen molar-refractivity contribution in [3.05, 3.63) is 12.7 Å². The fourth-order valence-corrected chi connectivity index (χ4v) is 2.13. The Labute approximate surface area is 102 Å². The maximum atomic E-state index is 9.71. The monoisotopic (exact) mass is 251 g/mol. The molecule has 1 aliphatic rings. The molecule has 8 heteroatoms. The van der Waals surface area contributed by atoms with Crippen LogP contribution in [0, 0.1) is 0 Å². The third-order valence-corrected chi connectivity index (χ3v) is 3.08. The van der Waals surface area contributed by atoms with Crippen LogP contribution in [0.3, 0.4) is 0 Å². The summed E-state index contributed by atoms with van der Waals surface area (Å²) in [5.41, 5.74) is 6.75. The molecule has 2 aromatic rings. The van der Waals surface area contributed by atoms with Crippen LogP contribution in [0.2, 0.25) is 0 Å². The van der Waals surface area contributed by atoms with Gasteiger partial charge >= 0.3 is 0 Å². The van der Waals surface area contributed by atoms with Crippen molar-refractivity contribution in [1.82, 2.24) is 19.5 Å². The first-order chi connectivity index (χ1) is 8.70. The number of aromatic nitrogens is 4. The Kier molecular flexibility index (Phi) is 2.62. The minimum Gasteiger partial charge on any atom is -0.394 e. The van der Waals surface area contributed by atoms with Gasteiger partial charge in [0.25, 0.3) is 0 Å². The van der Waals surface area contributed by atoms with Crippen LogP contribution < -0.4 is 5.73 Å². The normalized spacial score (nSPS) is 28.0. The number of ether oxygens (including phenoxy) is 1. The molecule has 3 rings (SSSR count). The average Bonchev–Trinajstić information content (AvgIpc) is 2.93. The predicted octanol–water partition coefficient (Wildman–Crippen LogP) is -0.951. The first kappa shape index (κ1) is 11.3. The van der Waals surface area contributed by atoms with Crippen molar-refractivity contribution in [2.45, 2.75) is 24.9 Å². The van der Waals surface area contributed by atoms with E-state index in [1.807, 2.05) is 0 Å². The third-order valence-electron chi connectivity index (χ3n) is 3.08. The fourth-order valence-electron chi connectivity index (χ4n) is 2.13. The summed E-state index contributed by atoms with van der Waals surface area (Å²) in [6, 6.07) is 0. The second-order valence-corrected chi connectivity index (χ2v) is 4.20. The number of nitrogens with two attached hydrogens (primary N) is 1. The Morgan fingerprint density at radius 3 is 3.00 bits per heavy atom. The highest BCUT2D eigenvalue weighted by Gasteiger charge is 2.35. The van der Waals surface area contributed by atoms with E-state index in [0.717, 1.165) is 0 Å². The number of rotatable bonds is 2. The zero-order chi connectivity index (χ0) is 12.7. The summed E-state index contributed by atoms with van der Waals surface area (Å²) >= 11 is 0. The lowest BCUT2D eigenvalue weighted by Crippen LogP contribution is -2.24. The van der Waals surface area contributed by atoms with Gasteiger partial charge in [0.05, 0.1) is 19.0 Å². The molecule has 0 aliphatic carbocycles. The average molecular weight is 251 g/mol. The summed E-state index contributed by atoms with van der Waals surface area (Å²) in [5, 5.41) is 18.8. The van der Waals surface area contributed by atoms with Gasteiger partial charge in [-0.2, -0.15) is 0 Å². The number of aliphatic hydroxyl groups excluding tert-OH is 2. The number of anilines is 1. The first-order valence-electron chi connectivity index (χ1n) is 5.58. The van der Waals surface area contributed by atoms with Gasteiger partial charge in [0.1, 0.15) is 24.2 Å². The highest BCUT2D eigenvalue weighted by atomic mass is 16.5. The largest absolute Gasteiger partial charge is 0.394 e. The van der Waals surface area contributed by atoms with Crippen LogP contribution in [-0.2, 0) is 4.74 Å². The van der Waals surface area contributed by atoms with Crippen LogP contribution in [0.4, 0.5) is 5.82 Å². The number of hydrogen-bond donors (Lipinski definition) is 3. The standard InChI is InChI=1S/C10H13N5O3/c11-9-8-10(13-3-12-9)15(4-14-8)7-1-5(17)6(2-16)18-7/h3-7,16-17H,1-2H2,(H2,11,12,13)/t5?,6-,7-/m0/s1. The molecule has 2 aromatic heterocycles. The van der Waals surface area contributed by atoms with E-state index in [2.05, 4.69) is 15.0 Å². The number of nitrogen functional groups attached to an aromatic ring is 1. The summed E-state index contributed by atoms with van der Waals surface area (Å²) in [6.45, 7) is -0.221. The van der Waals surface area contributed by atoms with Gasteiger partial charge in [-0.3, -0.25) is 4.57 Å². The van der Waals surface area contributed by atoms with Gasteiger partial charge in [-0.1, -0.05) is 0 Å². The molecule has 18 heavy (non-hydrogen) atoms. The smallest absolute Gasteiger partial charge is 0.167 e. The maximum absolute atomic E-state index is 9.71. The van der Waals surface area contributed by atoms with Gasteiger partial charge in [0.2, 0.25) is 0 Å². The van der Waals surface area contributed by atoms with Crippen molar-refractivity contribution in [3.63, 3.8) is 0 Å². The quantitative estimate of drug-likeness (QED) is 0.629. The molecule has 3 heterocycles. The highest BCUT2D eigenvalue weighted by Crippen LogP contribution is 2.30. The molecule has 0 spiro atoms. The predicted molar refractivity (Wildman–Crippen MR) is 61.4 cm³/mol. The molecule has 8 nitrogen and oxygen atoms in total. The van der Waals surface area contributed by atoms with Crippen LogP contribution in [-0.4, -0.2) is 48.5 Å². The van der Waals surface area contributed by atoms with Crippen molar-refractivity contribution in [2.75, 3.05) is 12.3 Å². The number of fused-ring (bicyclic) bond motifs is 1. The zero-order valence-electron chi connectivity index (χ0n) is 9.47. The molecule has 1 saturated heterocycles. The van der Waals surface area contributed by atoms with Crippen LogP contribution in [0.15, 0.2) is 12.7 Å². The van der Waals surface area contributed by atoms with Crippen molar-refractivity contribution in [2.24, 2.45) is 0 Å². The van der Waals surface area contributed by atoms with E-state index in [4.69, 9.17) is 15.6 Å². The van der Waals surface area contributed by atoms with E-state index in [1.165, 1.54) is 6.33 Å². The van der Waals surface area contributed by atoms with Crippen LogP contribution >= 0.6 is 0 Å². The summed E-state index contributed by atoms with van der Waals surface area (Å²) in [7, 11) is 0. The zero-order valence-corrected chi connectivity index (χ0v) is 9.47. The van der Waals surface area contributed by atoms with E-state index in [1.54, 1.807) is 10.9 Å². The molecule has 0 aromatic carbocycles. The maximum Gasteiger partial charge on any atom is 0.167 e. The molecule has 0 saturated carbocycles. The van der Waals surface area contributed by atoms with E-state index in [9.17, 15) is 5.11 Å². The van der Waals surface area contributed by atoms with E-state index in [-0.39, 0.29) is 6.61 Å². The van der Waals surface area contributed by atoms with Gasteiger partial charge < -0.3 is 20.7 Å². The Balaban J connectivity index is 1.99. The molecule has 4 N–H and O–H groups in total. The fraction of sp³-hybridized carbons (Fsp3) is 0.500. The molecular weight excluding hydrogens is 238 g/mol. The van der Waals surface area contributed by atoms with Crippen LogP contribution in [0.1, 0.15) is 12.6 Å². The van der Waals surface area contributed by atoms with Gasteiger partial charge in [0.15, 0.2) is 11.5 Å². The molecule has 3 atom stereocenters. The molecule has 0 amide bonds. The highest BCUT2D eigenvalue weighted by molar-refractivity contribution is 5.81. The van der Waals surface area contributed by atoms with E-state index in [0.29, 0.717) is 23.4 Å². The Morgan fingerprint density at radius 2 is 2.28 bits per heavy atom. The number of imidazole rings is 1. The minimum atomic E-state index is -0.698.